The van der Waals surface area contributed by atoms with Crippen LogP contribution in [0.2, 0.25) is 0 Å². The molecule has 6 heteroatoms. The molecule has 1 aliphatic rings. The van der Waals surface area contributed by atoms with Crippen molar-refractivity contribution in [3.05, 3.63) is 21.0 Å². The van der Waals surface area contributed by atoms with E-state index in [1.807, 2.05) is 6.92 Å². The van der Waals surface area contributed by atoms with Crippen molar-refractivity contribution in [3.63, 3.8) is 0 Å². The van der Waals surface area contributed by atoms with Gasteiger partial charge >= 0.3 is 0 Å². The quantitative estimate of drug-likeness (QED) is 0.920. The van der Waals surface area contributed by atoms with Gasteiger partial charge in [-0.3, -0.25) is 4.79 Å². The lowest BCUT2D eigenvalue weighted by molar-refractivity contribution is 0.0300. The maximum atomic E-state index is 11.9. The minimum atomic E-state index is -0.0929. The van der Waals surface area contributed by atoms with Crippen LogP contribution in [-0.4, -0.2) is 29.5 Å². The van der Waals surface area contributed by atoms with Crippen LogP contribution in [0.15, 0.2) is 15.5 Å². The molecule has 1 aromatic rings. The van der Waals surface area contributed by atoms with Gasteiger partial charge in [0.05, 0.1) is 11.9 Å². The van der Waals surface area contributed by atoms with E-state index in [0.29, 0.717) is 11.0 Å². The molecule has 0 aromatic carbocycles. The third-order valence-corrected chi connectivity index (χ3v) is 4.46. The van der Waals surface area contributed by atoms with Gasteiger partial charge in [0.2, 0.25) is 0 Å². The maximum absolute atomic E-state index is 11.9. The van der Waals surface area contributed by atoms with Crippen LogP contribution < -0.4 is 10.9 Å². The molecule has 19 heavy (non-hydrogen) atoms. The van der Waals surface area contributed by atoms with E-state index >= 15 is 0 Å². The molecule has 1 aliphatic heterocycles. The fourth-order valence-corrected chi connectivity index (χ4v) is 2.61. The highest BCUT2D eigenvalue weighted by atomic mass is 79.9. The number of anilines is 1. The van der Waals surface area contributed by atoms with Crippen molar-refractivity contribution in [3.8, 4) is 0 Å². The lowest BCUT2D eigenvalue weighted by Crippen LogP contribution is -2.34. The standard InChI is InChI=1S/C13H20BrN3O2/c1-3-17-12(18)11(14)10(8-16-17)15-9-13(2)4-6-19-7-5-13/h8,15H,3-7,9H2,1-2H3. The van der Waals surface area contributed by atoms with E-state index in [1.165, 1.54) is 4.68 Å². The van der Waals surface area contributed by atoms with Crippen molar-refractivity contribution in [1.29, 1.82) is 0 Å². The molecule has 5 nitrogen and oxygen atoms in total. The Morgan fingerprint density at radius 1 is 1.53 bits per heavy atom. The van der Waals surface area contributed by atoms with E-state index in [9.17, 15) is 4.79 Å². The van der Waals surface area contributed by atoms with E-state index < -0.39 is 0 Å². The molecule has 0 radical (unpaired) electrons. The molecular formula is C13H20BrN3O2. The van der Waals surface area contributed by atoms with Crippen LogP contribution in [0.4, 0.5) is 5.69 Å². The summed E-state index contributed by atoms with van der Waals surface area (Å²) in [6.45, 7) is 7.18. The van der Waals surface area contributed by atoms with Gasteiger partial charge in [0.25, 0.3) is 5.56 Å². The molecule has 1 saturated heterocycles. The average Bonchev–Trinajstić information content (AvgIpc) is 2.41. The second kappa shape index (κ2) is 6.05. The van der Waals surface area contributed by atoms with Crippen LogP contribution >= 0.6 is 15.9 Å². The molecule has 1 N–H and O–H groups in total. The summed E-state index contributed by atoms with van der Waals surface area (Å²) >= 11 is 3.35. The number of aromatic nitrogens is 2. The molecule has 0 aliphatic carbocycles. The fraction of sp³-hybridized carbons (Fsp3) is 0.692. The van der Waals surface area contributed by atoms with Crippen molar-refractivity contribution in [2.45, 2.75) is 33.2 Å². The molecule has 0 atom stereocenters. The smallest absolute Gasteiger partial charge is 0.283 e. The molecule has 106 valence electrons. The van der Waals surface area contributed by atoms with Gasteiger partial charge in [0.15, 0.2) is 0 Å². The zero-order valence-corrected chi connectivity index (χ0v) is 13.0. The molecule has 0 unspecified atom stereocenters. The summed E-state index contributed by atoms with van der Waals surface area (Å²) in [7, 11) is 0. The van der Waals surface area contributed by atoms with Gasteiger partial charge in [-0.1, -0.05) is 6.92 Å². The van der Waals surface area contributed by atoms with Gasteiger partial charge in [0.1, 0.15) is 4.47 Å². The van der Waals surface area contributed by atoms with Crippen molar-refractivity contribution >= 4 is 21.6 Å². The van der Waals surface area contributed by atoms with E-state index in [4.69, 9.17) is 4.74 Å². The first kappa shape index (κ1) is 14.5. The van der Waals surface area contributed by atoms with Gasteiger partial charge in [-0.05, 0) is 41.1 Å². The molecule has 0 bridgehead atoms. The second-order valence-corrected chi connectivity index (χ2v) is 6.06. The first-order valence-electron chi connectivity index (χ1n) is 6.63. The van der Waals surface area contributed by atoms with Crippen LogP contribution in [0.1, 0.15) is 26.7 Å². The molecule has 1 fully saturated rings. The van der Waals surface area contributed by atoms with Crippen molar-refractivity contribution in [2.24, 2.45) is 5.41 Å². The summed E-state index contributed by atoms with van der Waals surface area (Å²) in [5.74, 6) is 0. The summed E-state index contributed by atoms with van der Waals surface area (Å²) in [5, 5.41) is 7.47. The summed E-state index contributed by atoms with van der Waals surface area (Å²) < 4.78 is 7.38. The average molecular weight is 330 g/mol. The van der Waals surface area contributed by atoms with Crippen LogP contribution in [0.5, 0.6) is 0 Å². The van der Waals surface area contributed by atoms with Crippen LogP contribution in [0, 0.1) is 5.41 Å². The summed E-state index contributed by atoms with van der Waals surface area (Å²) in [6, 6.07) is 0. The lowest BCUT2D eigenvalue weighted by atomic mass is 9.82. The number of aryl methyl sites for hydroxylation is 1. The number of halogens is 1. The number of nitrogens with one attached hydrogen (secondary N) is 1. The Labute approximate surface area is 121 Å². The molecule has 0 amide bonds. The Balaban J connectivity index is 2.07. The Morgan fingerprint density at radius 3 is 2.84 bits per heavy atom. The molecule has 0 saturated carbocycles. The van der Waals surface area contributed by atoms with Gasteiger partial charge in [0, 0.05) is 26.3 Å². The number of hydrogen-bond donors (Lipinski definition) is 1. The molecular weight excluding hydrogens is 310 g/mol. The highest BCUT2D eigenvalue weighted by Crippen LogP contribution is 2.30. The van der Waals surface area contributed by atoms with Gasteiger partial charge in [-0.15, -0.1) is 0 Å². The predicted octanol–water partition coefficient (Wildman–Crippen LogP) is 2.25. The first-order chi connectivity index (χ1) is 9.06. The highest BCUT2D eigenvalue weighted by molar-refractivity contribution is 9.10. The summed E-state index contributed by atoms with van der Waals surface area (Å²) in [4.78, 5) is 11.9. The Morgan fingerprint density at radius 2 is 2.21 bits per heavy atom. The third-order valence-electron chi connectivity index (χ3n) is 3.69. The Bertz CT molecular complexity index is 495. The Hall–Kier alpha value is -0.880. The molecule has 1 aromatic heterocycles. The minimum Gasteiger partial charge on any atom is -0.382 e. The van der Waals surface area contributed by atoms with Crippen molar-refractivity contribution in [1.82, 2.24) is 9.78 Å². The molecule has 0 spiro atoms. The molecule has 2 heterocycles. The SMILES string of the molecule is CCn1ncc(NCC2(C)CCOCC2)c(Br)c1=O. The number of ether oxygens (including phenoxy) is 1. The van der Waals surface area contributed by atoms with E-state index in [-0.39, 0.29) is 11.0 Å². The van der Waals surface area contributed by atoms with Crippen LogP contribution in [0.3, 0.4) is 0 Å². The number of hydrogen-bond acceptors (Lipinski definition) is 4. The fourth-order valence-electron chi connectivity index (χ4n) is 2.16. The summed E-state index contributed by atoms with van der Waals surface area (Å²) in [6.07, 6.45) is 3.78. The zero-order chi connectivity index (χ0) is 13.9. The lowest BCUT2D eigenvalue weighted by Gasteiger charge is -2.34. The van der Waals surface area contributed by atoms with Crippen molar-refractivity contribution < 1.29 is 4.74 Å². The number of rotatable bonds is 4. The largest absolute Gasteiger partial charge is 0.382 e. The normalized spacial score (nSPS) is 18.3. The maximum Gasteiger partial charge on any atom is 0.283 e. The minimum absolute atomic E-state index is 0.0929. The topological polar surface area (TPSA) is 56.1 Å². The predicted molar refractivity (Wildman–Crippen MR) is 78.5 cm³/mol. The zero-order valence-electron chi connectivity index (χ0n) is 11.4. The first-order valence-corrected chi connectivity index (χ1v) is 7.42. The van der Waals surface area contributed by atoms with Gasteiger partial charge in [-0.2, -0.15) is 5.10 Å². The second-order valence-electron chi connectivity index (χ2n) is 5.27. The molecule has 2 rings (SSSR count). The van der Waals surface area contributed by atoms with Crippen LogP contribution in [-0.2, 0) is 11.3 Å². The van der Waals surface area contributed by atoms with E-state index in [2.05, 4.69) is 33.3 Å². The van der Waals surface area contributed by atoms with Gasteiger partial charge in [-0.25, -0.2) is 4.68 Å². The van der Waals surface area contributed by atoms with Crippen LogP contribution in [0.25, 0.3) is 0 Å². The van der Waals surface area contributed by atoms with E-state index in [1.54, 1.807) is 6.20 Å². The monoisotopic (exact) mass is 329 g/mol. The number of nitrogens with zero attached hydrogens (tertiary/aromatic N) is 2. The van der Waals surface area contributed by atoms with Crippen molar-refractivity contribution in [2.75, 3.05) is 25.1 Å². The van der Waals surface area contributed by atoms with E-state index in [0.717, 1.165) is 38.3 Å². The third kappa shape index (κ3) is 3.36. The van der Waals surface area contributed by atoms with Gasteiger partial charge < -0.3 is 10.1 Å². The summed E-state index contributed by atoms with van der Waals surface area (Å²) in [5.41, 5.74) is 0.893. The highest BCUT2D eigenvalue weighted by Gasteiger charge is 2.27. The Kier molecular flexibility index (Phi) is 4.62.